The third-order valence-electron chi connectivity index (χ3n) is 2.60. The summed E-state index contributed by atoms with van der Waals surface area (Å²) >= 11 is 0. The first kappa shape index (κ1) is 11.0. The summed E-state index contributed by atoms with van der Waals surface area (Å²) in [6.45, 7) is 6.53. The Morgan fingerprint density at radius 1 is 1.31 bits per heavy atom. The van der Waals surface area contributed by atoms with Gasteiger partial charge >= 0.3 is 0 Å². The van der Waals surface area contributed by atoms with Crippen molar-refractivity contribution in [2.45, 2.75) is 51.5 Å². The minimum absolute atomic E-state index is 0.0121. The van der Waals surface area contributed by atoms with Crippen molar-refractivity contribution in [2.24, 2.45) is 11.7 Å². The Morgan fingerprint density at radius 3 is 2.54 bits per heavy atom. The van der Waals surface area contributed by atoms with Gasteiger partial charge in [0.05, 0.1) is 0 Å². The number of nitrogens with one attached hydrogen (secondary N) is 1. The van der Waals surface area contributed by atoms with Gasteiger partial charge in [-0.1, -0.05) is 12.8 Å². The SMILES string of the molecule is CC(C)(N)CCCNCCC1CC1. The van der Waals surface area contributed by atoms with E-state index < -0.39 is 0 Å². The minimum atomic E-state index is 0.0121. The van der Waals surface area contributed by atoms with Gasteiger partial charge in [0.2, 0.25) is 0 Å². The molecular weight excluding hydrogens is 160 g/mol. The van der Waals surface area contributed by atoms with Gasteiger partial charge < -0.3 is 11.1 Å². The van der Waals surface area contributed by atoms with E-state index in [1.165, 1.54) is 32.2 Å². The standard InChI is InChI=1S/C11H24N2/c1-11(2,12)7-3-8-13-9-6-10-4-5-10/h10,13H,3-9,12H2,1-2H3. The topological polar surface area (TPSA) is 38.0 Å². The predicted octanol–water partition coefficient (Wildman–Crippen LogP) is 1.89. The van der Waals surface area contributed by atoms with Gasteiger partial charge in [-0.15, -0.1) is 0 Å². The van der Waals surface area contributed by atoms with Crippen LogP contribution in [0.15, 0.2) is 0 Å². The van der Waals surface area contributed by atoms with Crippen molar-refractivity contribution in [3.63, 3.8) is 0 Å². The molecule has 0 spiro atoms. The highest BCUT2D eigenvalue weighted by Crippen LogP contribution is 2.31. The Kier molecular flexibility index (Phi) is 4.20. The van der Waals surface area contributed by atoms with E-state index in [4.69, 9.17) is 5.73 Å². The van der Waals surface area contributed by atoms with Crippen LogP contribution in [0.1, 0.15) is 46.0 Å². The maximum atomic E-state index is 5.88. The first-order chi connectivity index (χ1) is 6.08. The van der Waals surface area contributed by atoms with Crippen LogP contribution < -0.4 is 11.1 Å². The average molecular weight is 184 g/mol. The molecule has 0 radical (unpaired) electrons. The van der Waals surface area contributed by atoms with E-state index in [1.807, 2.05) is 0 Å². The van der Waals surface area contributed by atoms with E-state index >= 15 is 0 Å². The highest BCUT2D eigenvalue weighted by molar-refractivity contribution is 4.74. The van der Waals surface area contributed by atoms with Crippen molar-refractivity contribution in [1.82, 2.24) is 5.32 Å². The molecule has 1 rings (SSSR count). The van der Waals surface area contributed by atoms with Gasteiger partial charge in [-0.25, -0.2) is 0 Å². The molecule has 0 amide bonds. The van der Waals surface area contributed by atoms with Crippen molar-refractivity contribution < 1.29 is 0 Å². The van der Waals surface area contributed by atoms with Crippen molar-refractivity contribution in [2.75, 3.05) is 13.1 Å². The number of rotatable bonds is 7. The molecule has 1 saturated carbocycles. The quantitative estimate of drug-likeness (QED) is 0.593. The van der Waals surface area contributed by atoms with Gasteiger partial charge in [-0.05, 0) is 52.1 Å². The Balaban J connectivity index is 1.78. The molecule has 1 fully saturated rings. The molecule has 0 aliphatic heterocycles. The normalized spacial score (nSPS) is 17.8. The first-order valence-electron chi connectivity index (χ1n) is 5.57. The smallest absolute Gasteiger partial charge is 0.00975 e. The molecule has 3 N–H and O–H groups in total. The summed E-state index contributed by atoms with van der Waals surface area (Å²) in [6.07, 6.45) is 6.64. The second-order valence-electron chi connectivity index (χ2n) is 5.07. The highest BCUT2D eigenvalue weighted by Gasteiger charge is 2.19. The molecule has 0 saturated heterocycles. The molecule has 0 aromatic heterocycles. The number of hydrogen-bond donors (Lipinski definition) is 2. The third kappa shape index (κ3) is 7.03. The summed E-state index contributed by atoms with van der Waals surface area (Å²) < 4.78 is 0. The first-order valence-corrected chi connectivity index (χ1v) is 5.57. The summed E-state index contributed by atoms with van der Waals surface area (Å²) in [5.74, 6) is 1.05. The van der Waals surface area contributed by atoms with Crippen LogP contribution >= 0.6 is 0 Å². The Morgan fingerprint density at radius 2 is 2.00 bits per heavy atom. The van der Waals surface area contributed by atoms with E-state index in [-0.39, 0.29) is 5.54 Å². The van der Waals surface area contributed by atoms with E-state index in [9.17, 15) is 0 Å². The Labute approximate surface area is 82.3 Å². The van der Waals surface area contributed by atoms with E-state index in [0.717, 1.165) is 18.9 Å². The lowest BCUT2D eigenvalue weighted by Gasteiger charge is -2.17. The van der Waals surface area contributed by atoms with Crippen LogP contribution in [0.5, 0.6) is 0 Å². The summed E-state index contributed by atoms with van der Waals surface area (Å²) in [5.41, 5.74) is 5.89. The molecular formula is C11H24N2. The third-order valence-corrected chi connectivity index (χ3v) is 2.60. The molecule has 1 aliphatic carbocycles. The summed E-state index contributed by atoms with van der Waals surface area (Å²) in [7, 11) is 0. The van der Waals surface area contributed by atoms with Crippen LogP contribution in [0.25, 0.3) is 0 Å². The largest absolute Gasteiger partial charge is 0.326 e. The van der Waals surface area contributed by atoms with Crippen LogP contribution in [-0.4, -0.2) is 18.6 Å². The van der Waals surface area contributed by atoms with Crippen molar-refractivity contribution in [3.8, 4) is 0 Å². The lowest BCUT2D eigenvalue weighted by molar-refractivity contribution is 0.446. The molecule has 2 nitrogen and oxygen atoms in total. The lowest BCUT2D eigenvalue weighted by atomic mass is 10.0. The molecule has 13 heavy (non-hydrogen) atoms. The molecule has 0 atom stereocenters. The van der Waals surface area contributed by atoms with Gasteiger partial charge in [-0.2, -0.15) is 0 Å². The zero-order valence-electron chi connectivity index (χ0n) is 9.10. The molecule has 2 heteroatoms. The van der Waals surface area contributed by atoms with Gasteiger partial charge in [0.1, 0.15) is 0 Å². The summed E-state index contributed by atoms with van der Waals surface area (Å²) in [5, 5.41) is 3.47. The highest BCUT2D eigenvalue weighted by atomic mass is 14.8. The van der Waals surface area contributed by atoms with Gasteiger partial charge in [0.15, 0.2) is 0 Å². The molecule has 0 bridgehead atoms. The van der Waals surface area contributed by atoms with Gasteiger partial charge in [0, 0.05) is 5.54 Å². The van der Waals surface area contributed by atoms with Crippen molar-refractivity contribution >= 4 is 0 Å². The summed E-state index contributed by atoms with van der Waals surface area (Å²) in [4.78, 5) is 0. The van der Waals surface area contributed by atoms with E-state index in [1.54, 1.807) is 0 Å². The monoisotopic (exact) mass is 184 g/mol. The van der Waals surface area contributed by atoms with Crippen LogP contribution in [0.2, 0.25) is 0 Å². The maximum Gasteiger partial charge on any atom is 0.00975 e. The fraction of sp³-hybridized carbons (Fsp3) is 1.00. The fourth-order valence-corrected chi connectivity index (χ4v) is 1.51. The average Bonchev–Trinajstić information content (AvgIpc) is 2.77. The Bertz CT molecular complexity index is 134. The maximum absolute atomic E-state index is 5.88. The van der Waals surface area contributed by atoms with Crippen LogP contribution in [-0.2, 0) is 0 Å². The van der Waals surface area contributed by atoms with Gasteiger partial charge in [0.25, 0.3) is 0 Å². The van der Waals surface area contributed by atoms with E-state index in [0.29, 0.717) is 0 Å². The number of nitrogens with two attached hydrogens (primary N) is 1. The number of hydrogen-bond acceptors (Lipinski definition) is 2. The predicted molar refractivity (Wildman–Crippen MR) is 57.7 cm³/mol. The second-order valence-corrected chi connectivity index (χ2v) is 5.07. The molecule has 0 aromatic rings. The fourth-order valence-electron chi connectivity index (χ4n) is 1.51. The molecule has 0 aromatic carbocycles. The summed E-state index contributed by atoms with van der Waals surface area (Å²) in [6, 6.07) is 0. The zero-order chi connectivity index (χ0) is 9.73. The lowest BCUT2D eigenvalue weighted by Crippen LogP contribution is -2.32. The minimum Gasteiger partial charge on any atom is -0.326 e. The van der Waals surface area contributed by atoms with Crippen LogP contribution in [0.3, 0.4) is 0 Å². The van der Waals surface area contributed by atoms with Crippen molar-refractivity contribution in [1.29, 1.82) is 0 Å². The molecule has 0 unspecified atom stereocenters. The molecule has 0 heterocycles. The van der Waals surface area contributed by atoms with E-state index in [2.05, 4.69) is 19.2 Å². The van der Waals surface area contributed by atoms with Gasteiger partial charge in [-0.3, -0.25) is 0 Å². The van der Waals surface area contributed by atoms with Crippen LogP contribution in [0, 0.1) is 5.92 Å². The second kappa shape index (κ2) is 4.97. The van der Waals surface area contributed by atoms with Crippen LogP contribution in [0.4, 0.5) is 0 Å². The zero-order valence-corrected chi connectivity index (χ0v) is 9.10. The van der Waals surface area contributed by atoms with Crippen molar-refractivity contribution in [3.05, 3.63) is 0 Å². The molecule has 78 valence electrons. The molecule has 1 aliphatic rings. The Hall–Kier alpha value is -0.0800.